The van der Waals surface area contributed by atoms with E-state index in [4.69, 9.17) is 12.2 Å². The van der Waals surface area contributed by atoms with Gasteiger partial charge in [0.25, 0.3) is 11.5 Å². The molecule has 0 unspecified atom stereocenters. The molecule has 0 radical (unpaired) electrons. The van der Waals surface area contributed by atoms with Gasteiger partial charge >= 0.3 is 0 Å². The smallest absolute Gasteiger partial charge is 0.262 e. The highest BCUT2D eigenvalue weighted by Crippen LogP contribution is 2.23. The number of fused-ring (bicyclic) bond motifs is 1. The summed E-state index contributed by atoms with van der Waals surface area (Å²) >= 11 is 5.26. The number of rotatable bonds is 3. The summed E-state index contributed by atoms with van der Waals surface area (Å²) in [5.41, 5.74) is 3.51. The number of nitrogens with one attached hydrogen (secondary N) is 1. The lowest BCUT2D eigenvalue weighted by Gasteiger charge is -2.27. The summed E-state index contributed by atoms with van der Waals surface area (Å²) in [7, 11) is 0. The third kappa shape index (κ3) is 3.31. The van der Waals surface area contributed by atoms with Crippen LogP contribution < -0.4 is 5.56 Å². The van der Waals surface area contributed by atoms with Gasteiger partial charge in [-0.25, -0.2) is 0 Å². The summed E-state index contributed by atoms with van der Waals surface area (Å²) < 4.78 is 1.89. The predicted molar refractivity (Wildman–Crippen MR) is 114 cm³/mol. The van der Waals surface area contributed by atoms with Crippen molar-refractivity contribution in [2.45, 2.75) is 19.9 Å². The van der Waals surface area contributed by atoms with Crippen LogP contribution in [-0.2, 0) is 6.54 Å². The van der Waals surface area contributed by atoms with E-state index in [-0.39, 0.29) is 11.5 Å². The van der Waals surface area contributed by atoms with Gasteiger partial charge in [0.2, 0.25) is 0 Å². The molecule has 1 N–H and O–H groups in total. The van der Waals surface area contributed by atoms with Crippen LogP contribution >= 0.6 is 12.2 Å². The molecule has 1 amide bonds. The Bertz CT molecular complexity index is 1190. The second-order valence-electron chi connectivity index (χ2n) is 6.84. The van der Waals surface area contributed by atoms with Crippen LogP contribution in [-0.4, -0.2) is 33.4 Å². The van der Waals surface area contributed by atoms with Crippen LogP contribution in [0.4, 0.5) is 0 Å². The van der Waals surface area contributed by atoms with E-state index < -0.39 is 0 Å². The Hall–Kier alpha value is -2.99. The largest absolute Gasteiger partial charge is 0.335 e. The number of hydrogen-bond donors (Lipinski definition) is 1. The lowest BCUT2D eigenvalue weighted by atomic mass is 9.99. The molecule has 3 aromatic rings. The molecule has 5 nitrogen and oxygen atoms in total. The molecule has 4 rings (SSSR count). The Morgan fingerprint density at radius 3 is 2.64 bits per heavy atom. The molecule has 1 aliphatic heterocycles. The van der Waals surface area contributed by atoms with Crippen molar-refractivity contribution in [3.8, 4) is 0 Å². The minimum Gasteiger partial charge on any atom is -0.335 e. The quantitative estimate of drug-likeness (QED) is 0.687. The Kier molecular flexibility index (Phi) is 4.96. The number of aromatic amines is 1. The van der Waals surface area contributed by atoms with Crippen molar-refractivity contribution >= 4 is 34.6 Å². The fourth-order valence-corrected chi connectivity index (χ4v) is 3.95. The number of carbonyl (C=O) groups is 1. The van der Waals surface area contributed by atoms with Crippen molar-refractivity contribution in [3.63, 3.8) is 0 Å². The van der Waals surface area contributed by atoms with Crippen molar-refractivity contribution in [3.05, 3.63) is 80.9 Å². The number of benzene rings is 2. The minimum atomic E-state index is -0.131. The van der Waals surface area contributed by atoms with E-state index in [0.717, 1.165) is 6.42 Å². The van der Waals surface area contributed by atoms with Crippen LogP contribution in [0.25, 0.3) is 16.5 Å². The van der Waals surface area contributed by atoms with Crippen LogP contribution in [0, 0.1) is 4.77 Å². The SMILES string of the molecule is CCn1c(=S)[nH]c2cc(C(=O)N3CC=C(c4ccccc4)CC3)ccc2c1=O. The van der Waals surface area contributed by atoms with Crippen LogP contribution in [0.15, 0.2) is 59.4 Å². The third-order valence-corrected chi connectivity index (χ3v) is 5.51. The summed E-state index contributed by atoms with van der Waals surface area (Å²) in [6.45, 7) is 3.64. The number of H-pyrrole nitrogens is 1. The van der Waals surface area contributed by atoms with E-state index in [1.165, 1.54) is 15.7 Å². The highest BCUT2D eigenvalue weighted by Gasteiger charge is 2.20. The zero-order valence-electron chi connectivity index (χ0n) is 15.6. The fraction of sp³-hybridized carbons (Fsp3) is 0.227. The van der Waals surface area contributed by atoms with E-state index in [0.29, 0.717) is 40.9 Å². The van der Waals surface area contributed by atoms with E-state index in [1.54, 1.807) is 18.2 Å². The summed E-state index contributed by atoms with van der Waals surface area (Å²) in [6.07, 6.45) is 2.94. The van der Waals surface area contributed by atoms with Gasteiger partial charge in [0.1, 0.15) is 0 Å². The molecular formula is C22H21N3O2S. The van der Waals surface area contributed by atoms with Crippen LogP contribution in [0.3, 0.4) is 0 Å². The molecule has 2 heterocycles. The summed E-state index contributed by atoms with van der Waals surface area (Å²) in [6, 6.07) is 15.4. The Labute approximate surface area is 167 Å². The summed E-state index contributed by atoms with van der Waals surface area (Å²) in [5, 5.41) is 0.539. The van der Waals surface area contributed by atoms with Gasteiger partial charge in [-0.3, -0.25) is 14.2 Å². The van der Waals surface area contributed by atoms with Crippen LogP contribution in [0.2, 0.25) is 0 Å². The van der Waals surface area contributed by atoms with E-state index in [2.05, 4.69) is 23.2 Å². The predicted octanol–water partition coefficient (Wildman–Crippen LogP) is 4.01. The molecule has 28 heavy (non-hydrogen) atoms. The highest BCUT2D eigenvalue weighted by molar-refractivity contribution is 7.71. The molecule has 0 fully saturated rings. The van der Waals surface area contributed by atoms with Crippen molar-refractivity contribution in [1.82, 2.24) is 14.5 Å². The van der Waals surface area contributed by atoms with Crippen molar-refractivity contribution in [2.24, 2.45) is 0 Å². The van der Waals surface area contributed by atoms with E-state index in [1.807, 2.05) is 30.0 Å². The molecule has 0 bridgehead atoms. The minimum absolute atomic E-state index is 0.0377. The number of nitrogens with zero attached hydrogens (tertiary/aromatic N) is 2. The van der Waals surface area contributed by atoms with Crippen molar-refractivity contribution in [1.29, 1.82) is 0 Å². The summed E-state index contributed by atoms with van der Waals surface area (Å²) in [5.74, 6) is -0.0377. The molecular weight excluding hydrogens is 370 g/mol. The molecule has 0 saturated heterocycles. The zero-order chi connectivity index (χ0) is 19.7. The molecule has 1 aromatic heterocycles. The van der Waals surface area contributed by atoms with E-state index >= 15 is 0 Å². The van der Waals surface area contributed by atoms with E-state index in [9.17, 15) is 9.59 Å². The normalized spacial score (nSPS) is 14.2. The average Bonchev–Trinajstić information content (AvgIpc) is 2.74. The first-order valence-corrected chi connectivity index (χ1v) is 9.80. The van der Waals surface area contributed by atoms with Gasteiger partial charge in [0.05, 0.1) is 10.9 Å². The van der Waals surface area contributed by atoms with Gasteiger partial charge in [-0.05, 0) is 54.9 Å². The molecule has 0 atom stereocenters. The Morgan fingerprint density at radius 1 is 1.18 bits per heavy atom. The van der Waals surface area contributed by atoms with Gasteiger partial charge in [-0.1, -0.05) is 36.4 Å². The van der Waals surface area contributed by atoms with Gasteiger partial charge < -0.3 is 9.88 Å². The average molecular weight is 391 g/mol. The van der Waals surface area contributed by atoms with Gasteiger partial charge in [0, 0.05) is 25.2 Å². The maximum Gasteiger partial charge on any atom is 0.262 e. The number of amides is 1. The molecule has 0 spiro atoms. The first-order valence-electron chi connectivity index (χ1n) is 9.39. The maximum absolute atomic E-state index is 13.0. The van der Waals surface area contributed by atoms with Crippen molar-refractivity contribution in [2.75, 3.05) is 13.1 Å². The highest BCUT2D eigenvalue weighted by atomic mass is 32.1. The first-order chi connectivity index (χ1) is 13.6. The standard InChI is InChI=1S/C22H21N3O2S/c1-2-25-21(27)18-9-8-17(14-19(18)23-22(25)28)20(26)24-12-10-16(11-13-24)15-6-4-3-5-7-15/h3-10,14H,2,11-13H2,1H3,(H,23,28). The van der Waals surface area contributed by atoms with Gasteiger partial charge in [-0.15, -0.1) is 0 Å². The maximum atomic E-state index is 13.0. The molecule has 6 heteroatoms. The fourth-order valence-electron chi connectivity index (χ4n) is 3.63. The lowest BCUT2D eigenvalue weighted by Crippen LogP contribution is -2.34. The molecule has 1 aliphatic rings. The number of hydrogen-bond acceptors (Lipinski definition) is 3. The van der Waals surface area contributed by atoms with Crippen LogP contribution in [0.1, 0.15) is 29.3 Å². The van der Waals surface area contributed by atoms with Crippen LogP contribution in [0.5, 0.6) is 0 Å². The molecule has 0 aliphatic carbocycles. The third-order valence-electron chi connectivity index (χ3n) is 5.19. The first kappa shape index (κ1) is 18.4. The second-order valence-corrected chi connectivity index (χ2v) is 7.22. The second kappa shape index (κ2) is 7.56. The van der Waals surface area contributed by atoms with Gasteiger partial charge in [0.15, 0.2) is 4.77 Å². The lowest BCUT2D eigenvalue weighted by molar-refractivity contribution is 0.0773. The number of aromatic nitrogens is 2. The Balaban J connectivity index is 1.60. The molecule has 142 valence electrons. The Morgan fingerprint density at radius 2 is 1.96 bits per heavy atom. The topological polar surface area (TPSA) is 58.1 Å². The zero-order valence-corrected chi connectivity index (χ0v) is 16.5. The summed E-state index contributed by atoms with van der Waals surface area (Å²) in [4.78, 5) is 30.4. The molecule has 0 saturated carbocycles. The van der Waals surface area contributed by atoms with Crippen molar-refractivity contribution < 1.29 is 4.79 Å². The molecule has 2 aromatic carbocycles. The number of carbonyl (C=O) groups excluding carboxylic acids is 1. The van der Waals surface area contributed by atoms with Gasteiger partial charge in [-0.2, -0.15) is 0 Å². The monoisotopic (exact) mass is 391 g/mol.